The van der Waals surface area contributed by atoms with Gasteiger partial charge in [0.1, 0.15) is 11.8 Å². The first kappa shape index (κ1) is 20.4. The molecule has 0 bridgehead atoms. The number of fused-ring (bicyclic) bond motifs is 1. The normalized spacial score (nSPS) is 22.9. The summed E-state index contributed by atoms with van der Waals surface area (Å²) >= 11 is 0. The van der Waals surface area contributed by atoms with E-state index >= 15 is 0 Å². The van der Waals surface area contributed by atoms with Crippen LogP contribution in [0.4, 0.5) is 0 Å². The maximum Gasteiger partial charge on any atom is 0.249 e. The molecule has 2 aliphatic rings. The molecule has 3 aromatic carbocycles. The Bertz CT molecular complexity index is 1100. The van der Waals surface area contributed by atoms with Gasteiger partial charge in [0.05, 0.1) is 25.6 Å². The van der Waals surface area contributed by atoms with E-state index in [9.17, 15) is 9.59 Å². The minimum atomic E-state index is -0.543. The summed E-state index contributed by atoms with van der Waals surface area (Å²) in [5.41, 5.74) is 6.44. The highest BCUT2D eigenvalue weighted by Crippen LogP contribution is 2.41. The molecule has 2 fully saturated rings. The number of nitrogens with one attached hydrogen (secondary N) is 1. The second-order valence-electron chi connectivity index (χ2n) is 8.21. The Morgan fingerprint density at radius 3 is 1.97 bits per heavy atom. The van der Waals surface area contributed by atoms with Crippen LogP contribution in [-0.2, 0) is 22.7 Å². The van der Waals surface area contributed by atoms with E-state index in [0.29, 0.717) is 13.1 Å². The molecule has 0 spiro atoms. The molecule has 0 radical (unpaired) electrons. The van der Waals surface area contributed by atoms with Crippen LogP contribution in [0.25, 0.3) is 0 Å². The van der Waals surface area contributed by atoms with Gasteiger partial charge in [-0.3, -0.25) is 14.5 Å². The van der Waals surface area contributed by atoms with Gasteiger partial charge in [0.2, 0.25) is 11.8 Å². The molecule has 2 saturated heterocycles. The number of hydrogen-bond acceptors (Lipinski definition) is 5. The van der Waals surface area contributed by atoms with E-state index < -0.39 is 12.0 Å². The molecule has 2 amide bonds. The van der Waals surface area contributed by atoms with Gasteiger partial charge < -0.3 is 4.74 Å². The van der Waals surface area contributed by atoms with Crippen LogP contribution in [0.15, 0.2) is 84.9 Å². The van der Waals surface area contributed by atoms with Gasteiger partial charge in [-0.2, -0.15) is 0 Å². The summed E-state index contributed by atoms with van der Waals surface area (Å²) in [6.07, 6.45) is 0. The Morgan fingerprint density at radius 2 is 1.38 bits per heavy atom. The Hall–Kier alpha value is -3.48. The third-order valence-electron chi connectivity index (χ3n) is 6.26. The van der Waals surface area contributed by atoms with Crippen LogP contribution in [0, 0.1) is 5.92 Å². The fourth-order valence-corrected chi connectivity index (χ4v) is 4.67. The molecule has 0 aliphatic carbocycles. The van der Waals surface area contributed by atoms with Crippen LogP contribution < -0.4 is 10.2 Å². The molecule has 0 aromatic heterocycles. The zero-order chi connectivity index (χ0) is 22.1. The number of likely N-dealkylation sites (tertiary alicyclic amines) is 1. The van der Waals surface area contributed by atoms with Crippen LogP contribution in [-0.4, -0.2) is 34.9 Å². The lowest BCUT2D eigenvalue weighted by Gasteiger charge is -2.25. The van der Waals surface area contributed by atoms with Crippen LogP contribution in [0.5, 0.6) is 5.75 Å². The standard InChI is InChI=1S/C26H25N3O3/c1-32-21-14-12-20(13-15-21)23-22-24(29(27-23)17-19-10-6-3-7-11-19)26(31)28(25(22)30)16-18-8-4-2-5-9-18/h2-15,22-24,27H,16-17H2,1H3/t22-,23-,24+/m1/s1. The Labute approximate surface area is 187 Å². The van der Waals surface area contributed by atoms with E-state index in [1.54, 1.807) is 7.11 Å². The summed E-state index contributed by atoms with van der Waals surface area (Å²) in [7, 11) is 1.63. The third kappa shape index (κ3) is 3.68. The number of carbonyl (C=O) groups is 2. The molecule has 162 valence electrons. The van der Waals surface area contributed by atoms with E-state index in [-0.39, 0.29) is 17.9 Å². The highest BCUT2D eigenvalue weighted by Gasteiger charge is 2.58. The minimum absolute atomic E-state index is 0.132. The molecule has 0 unspecified atom stereocenters. The monoisotopic (exact) mass is 427 g/mol. The van der Waals surface area contributed by atoms with Crippen molar-refractivity contribution < 1.29 is 14.3 Å². The van der Waals surface area contributed by atoms with Gasteiger partial charge in [0.25, 0.3) is 0 Å². The van der Waals surface area contributed by atoms with Crippen molar-refractivity contribution in [1.82, 2.24) is 15.3 Å². The number of carbonyl (C=O) groups excluding carboxylic acids is 2. The van der Waals surface area contributed by atoms with E-state index in [4.69, 9.17) is 4.74 Å². The maximum absolute atomic E-state index is 13.5. The summed E-state index contributed by atoms with van der Waals surface area (Å²) in [6.45, 7) is 0.826. The lowest BCUT2D eigenvalue weighted by molar-refractivity contribution is -0.142. The summed E-state index contributed by atoms with van der Waals surface area (Å²) in [5, 5.41) is 1.93. The number of amides is 2. The van der Waals surface area contributed by atoms with Crippen molar-refractivity contribution >= 4 is 11.8 Å². The molecule has 2 aliphatic heterocycles. The summed E-state index contributed by atoms with van der Waals surface area (Å²) < 4.78 is 5.28. The first-order chi connectivity index (χ1) is 15.7. The quantitative estimate of drug-likeness (QED) is 0.612. The zero-order valence-electron chi connectivity index (χ0n) is 17.8. The van der Waals surface area contributed by atoms with Crippen molar-refractivity contribution in [2.24, 2.45) is 5.92 Å². The van der Waals surface area contributed by atoms with Gasteiger partial charge in [-0.1, -0.05) is 72.8 Å². The number of benzene rings is 3. The van der Waals surface area contributed by atoms with Crippen LogP contribution >= 0.6 is 0 Å². The van der Waals surface area contributed by atoms with Crippen LogP contribution in [0.1, 0.15) is 22.7 Å². The molecule has 2 heterocycles. The van der Waals surface area contributed by atoms with Crippen molar-refractivity contribution in [3.63, 3.8) is 0 Å². The second-order valence-corrected chi connectivity index (χ2v) is 8.21. The van der Waals surface area contributed by atoms with Gasteiger partial charge in [0.15, 0.2) is 0 Å². The van der Waals surface area contributed by atoms with Gasteiger partial charge in [-0.15, -0.1) is 0 Å². The molecule has 32 heavy (non-hydrogen) atoms. The molecule has 6 heteroatoms. The van der Waals surface area contributed by atoms with Crippen molar-refractivity contribution in [2.75, 3.05) is 7.11 Å². The SMILES string of the molecule is COc1ccc([C@H]2NN(Cc3ccccc3)[C@@H]3C(=O)N(Cc4ccccc4)C(=O)[C@H]23)cc1. The molecular weight excluding hydrogens is 402 g/mol. The molecule has 6 nitrogen and oxygen atoms in total. The maximum atomic E-state index is 13.5. The van der Waals surface area contributed by atoms with E-state index in [2.05, 4.69) is 5.43 Å². The van der Waals surface area contributed by atoms with Crippen molar-refractivity contribution in [2.45, 2.75) is 25.2 Å². The molecule has 5 rings (SSSR count). The van der Waals surface area contributed by atoms with Gasteiger partial charge >= 0.3 is 0 Å². The largest absolute Gasteiger partial charge is 0.497 e. The summed E-state index contributed by atoms with van der Waals surface area (Å²) in [4.78, 5) is 28.4. The number of rotatable bonds is 6. The molecule has 0 saturated carbocycles. The van der Waals surface area contributed by atoms with Crippen molar-refractivity contribution in [1.29, 1.82) is 0 Å². The highest BCUT2D eigenvalue weighted by atomic mass is 16.5. The number of nitrogens with zero attached hydrogens (tertiary/aromatic N) is 2. The lowest BCUT2D eigenvalue weighted by Crippen LogP contribution is -2.44. The minimum Gasteiger partial charge on any atom is -0.497 e. The number of imide groups is 1. The predicted octanol–water partition coefficient (Wildman–Crippen LogP) is 3.31. The fraction of sp³-hybridized carbons (Fsp3) is 0.231. The highest BCUT2D eigenvalue weighted by molar-refractivity contribution is 6.07. The number of ether oxygens (including phenoxy) is 1. The van der Waals surface area contributed by atoms with Gasteiger partial charge in [-0.05, 0) is 28.8 Å². The average molecular weight is 428 g/mol. The van der Waals surface area contributed by atoms with Crippen molar-refractivity contribution in [3.8, 4) is 5.75 Å². The van der Waals surface area contributed by atoms with E-state index in [0.717, 1.165) is 22.4 Å². The summed E-state index contributed by atoms with van der Waals surface area (Å²) in [6, 6.07) is 26.5. The first-order valence-corrected chi connectivity index (χ1v) is 10.8. The van der Waals surface area contributed by atoms with Crippen LogP contribution in [0.3, 0.4) is 0 Å². The van der Waals surface area contributed by atoms with E-state index in [1.165, 1.54) is 4.90 Å². The average Bonchev–Trinajstić information content (AvgIpc) is 3.32. The lowest BCUT2D eigenvalue weighted by atomic mass is 9.91. The van der Waals surface area contributed by atoms with Crippen LogP contribution in [0.2, 0.25) is 0 Å². The zero-order valence-corrected chi connectivity index (χ0v) is 17.8. The molecular formula is C26H25N3O3. The second kappa shape index (κ2) is 8.57. The van der Waals surface area contributed by atoms with Gasteiger partial charge in [0, 0.05) is 6.54 Å². The molecule has 3 aromatic rings. The van der Waals surface area contributed by atoms with E-state index in [1.807, 2.05) is 89.9 Å². The fourth-order valence-electron chi connectivity index (χ4n) is 4.67. The van der Waals surface area contributed by atoms with Gasteiger partial charge in [-0.25, -0.2) is 10.4 Å². The third-order valence-corrected chi connectivity index (χ3v) is 6.26. The smallest absolute Gasteiger partial charge is 0.249 e. The number of hydrazine groups is 1. The Kier molecular flexibility index (Phi) is 5.47. The number of hydrogen-bond donors (Lipinski definition) is 1. The summed E-state index contributed by atoms with van der Waals surface area (Å²) in [5.74, 6) is -0.0108. The first-order valence-electron chi connectivity index (χ1n) is 10.8. The topological polar surface area (TPSA) is 61.9 Å². The number of methoxy groups -OCH3 is 1. The van der Waals surface area contributed by atoms with Crippen molar-refractivity contribution in [3.05, 3.63) is 102 Å². The Morgan fingerprint density at radius 1 is 0.781 bits per heavy atom. The molecule has 3 atom stereocenters. The Balaban J connectivity index is 1.48. The predicted molar refractivity (Wildman–Crippen MR) is 120 cm³/mol. The molecule has 1 N–H and O–H groups in total.